The summed E-state index contributed by atoms with van der Waals surface area (Å²) in [6.07, 6.45) is -1.10. The van der Waals surface area contributed by atoms with Crippen molar-refractivity contribution in [3.8, 4) is 11.5 Å². The first kappa shape index (κ1) is 20.6. The number of nitrogens with one attached hydrogen (secondary N) is 1. The molecule has 1 saturated carbocycles. The summed E-state index contributed by atoms with van der Waals surface area (Å²) >= 11 is 0. The van der Waals surface area contributed by atoms with Gasteiger partial charge in [0.15, 0.2) is 18.1 Å². The summed E-state index contributed by atoms with van der Waals surface area (Å²) in [7, 11) is -3.86. The summed E-state index contributed by atoms with van der Waals surface area (Å²) in [5, 5.41) is 19.4. The molecule has 0 saturated heterocycles. The molecule has 4 rings (SSSR count). The van der Waals surface area contributed by atoms with Crippen LogP contribution in [-0.2, 0) is 14.8 Å². The smallest absolute Gasteiger partial charge is 0.341 e. The molecule has 1 fully saturated rings. The van der Waals surface area contributed by atoms with Gasteiger partial charge in [0.2, 0.25) is 10.0 Å². The van der Waals surface area contributed by atoms with Gasteiger partial charge in [-0.2, -0.15) is 0 Å². The summed E-state index contributed by atoms with van der Waals surface area (Å²) in [5.74, 6) is -0.837. The summed E-state index contributed by atoms with van der Waals surface area (Å²) in [5.41, 5.74) is 2.53. The maximum absolute atomic E-state index is 13.0. The minimum absolute atomic E-state index is 0.138. The van der Waals surface area contributed by atoms with Crippen LogP contribution in [0.5, 0.6) is 11.5 Å². The largest absolute Gasteiger partial charge is 0.485 e. The SMILES string of the molecule is Cc1ccc(S(=O)(=O)NC2C(O)CC3Oc4c(OCC(=O)O)cccc4C32)cc1C. The highest BCUT2D eigenvalue weighted by atomic mass is 32.2. The van der Waals surface area contributed by atoms with Gasteiger partial charge in [0, 0.05) is 17.9 Å². The third-order valence-corrected chi connectivity index (χ3v) is 7.20. The third kappa shape index (κ3) is 3.64. The number of carbonyl (C=O) groups is 1. The van der Waals surface area contributed by atoms with Crippen LogP contribution in [0.15, 0.2) is 41.3 Å². The van der Waals surface area contributed by atoms with Gasteiger partial charge in [-0.25, -0.2) is 17.9 Å². The molecule has 0 amide bonds. The van der Waals surface area contributed by atoms with Gasteiger partial charge in [-0.05, 0) is 43.2 Å². The first-order valence-corrected chi connectivity index (χ1v) is 11.1. The predicted octanol–water partition coefficient (Wildman–Crippen LogP) is 1.72. The number of hydrogen-bond donors (Lipinski definition) is 3. The first-order chi connectivity index (χ1) is 14.2. The van der Waals surface area contributed by atoms with Gasteiger partial charge < -0.3 is 19.7 Å². The molecule has 0 spiro atoms. The molecule has 0 bridgehead atoms. The molecule has 4 unspecified atom stereocenters. The van der Waals surface area contributed by atoms with E-state index in [9.17, 15) is 18.3 Å². The van der Waals surface area contributed by atoms with Gasteiger partial charge in [-0.3, -0.25) is 0 Å². The number of ether oxygens (including phenoxy) is 2. The molecule has 2 aromatic rings. The molecular weight excluding hydrogens is 410 g/mol. The van der Waals surface area contributed by atoms with Gasteiger partial charge in [0.25, 0.3) is 0 Å². The minimum Gasteiger partial charge on any atom is -0.485 e. The van der Waals surface area contributed by atoms with E-state index in [1.54, 1.807) is 36.4 Å². The quantitative estimate of drug-likeness (QED) is 0.634. The van der Waals surface area contributed by atoms with E-state index < -0.39 is 46.8 Å². The zero-order chi connectivity index (χ0) is 21.6. The second kappa shape index (κ2) is 7.57. The van der Waals surface area contributed by atoms with Crippen LogP contribution in [0.4, 0.5) is 0 Å². The van der Waals surface area contributed by atoms with E-state index in [2.05, 4.69) is 4.72 Å². The van der Waals surface area contributed by atoms with Crippen molar-refractivity contribution in [3.63, 3.8) is 0 Å². The standard InChI is InChI=1S/C21H23NO7S/c1-11-6-7-13(8-12(11)2)30(26,27)22-20-15(23)9-17-19(20)14-4-3-5-16(21(14)29-17)28-10-18(24)25/h3-8,15,17,19-20,22-23H,9-10H2,1-2H3,(H,24,25). The number of benzene rings is 2. The lowest BCUT2D eigenvalue weighted by atomic mass is 9.94. The molecule has 160 valence electrons. The van der Waals surface area contributed by atoms with Crippen molar-refractivity contribution >= 4 is 16.0 Å². The Labute approximate surface area is 174 Å². The fraction of sp³-hybridized carbons (Fsp3) is 0.381. The second-order valence-electron chi connectivity index (χ2n) is 7.74. The number of aliphatic carboxylic acids is 1. The Kier molecular flexibility index (Phi) is 5.21. The molecular formula is C21H23NO7S. The summed E-state index contributed by atoms with van der Waals surface area (Å²) in [4.78, 5) is 11.0. The molecule has 4 atom stereocenters. The Hall–Kier alpha value is -2.62. The summed E-state index contributed by atoms with van der Waals surface area (Å²) in [6, 6.07) is 9.20. The zero-order valence-corrected chi connectivity index (χ0v) is 17.3. The van der Waals surface area contributed by atoms with E-state index in [0.29, 0.717) is 11.3 Å². The predicted molar refractivity (Wildman–Crippen MR) is 107 cm³/mol. The second-order valence-corrected chi connectivity index (χ2v) is 9.45. The average Bonchev–Trinajstić information content (AvgIpc) is 3.18. The Morgan fingerprint density at radius 1 is 1.23 bits per heavy atom. The van der Waals surface area contributed by atoms with Crippen molar-refractivity contribution in [2.75, 3.05) is 6.61 Å². The number of aryl methyl sites for hydroxylation is 2. The molecule has 3 N–H and O–H groups in total. The van der Waals surface area contributed by atoms with Crippen molar-refractivity contribution in [1.82, 2.24) is 4.72 Å². The van der Waals surface area contributed by atoms with Crippen molar-refractivity contribution < 1.29 is 32.9 Å². The van der Waals surface area contributed by atoms with Gasteiger partial charge in [0.1, 0.15) is 6.10 Å². The van der Waals surface area contributed by atoms with E-state index >= 15 is 0 Å². The van der Waals surface area contributed by atoms with Crippen LogP contribution in [0, 0.1) is 13.8 Å². The van der Waals surface area contributed by atoms with Crippen molar-refractivity contribution in [1.29, 1.82) is 0 Å². The number of fused-ring (bicyclic) bond motifs is 3. The maximum Gasteiger partial charge on any atom is 0.341 e. The number of para-hydroxylation sites is 1. The van der Waals surface area contributed by atoms with E-state index in [1.165, 1.54) is 0 Å². The maximum atomic E-state index is 13.0. The fourth-order valence-electron chi connectivity index (χ4n) is 4.12. The number of rotatable bonds is 6. The molecule has 1 aliphatic carbocycles. The van der Waals surface area contributed by atoms with Crippen LogP contribution in [0.25, 0.3) is 0 Å². The van der Waals surface area contributed by atoms with E-state index in [0.717, 1.165) is 11.1 Å². The Bertz CT molecular complexity index is 1100. The highest BCUT2D eigenvalue weighted by Crippen LogP contribution is 2.51. The topological polar surface area (TPSA) is 122 Å². The van der Waals surface area contributed by atoms with E-state index in [4.69, 9.17) is 14.6 Å². The summed E-state index contributed by atoms with van der Waals surface area (Å²) < 4.78 is 39.9. The van der Waals surface area contributed by atoms with Crippen molar-refractivity contribution in [3.05, 3.63) is 53.1 Å². The number of aliphatic hydroxyl groups excluding tert-OH is 1. The van der Waals surface area contributed by atoms with Gasteiger partial charge in [-0.15, -0.1) is 0 Å². The van der Waals surface area contributed by atoms with Gasteiger partial charge in [-0.1, -0.05) is 18.2 Å². The zero-order valence-electron chi connectivity index (χ0n) is 16.5. The lowest BCUT2D eigenvalue weighted by Gasteiger charge is -2.22. The Morgan fingerprint density at radius 2 is 2.00 bits per heavy atom. The number of aliphatic hydroxyl groups is 1. The number of carboxylic acids is 1. The molecule has 0 radical (unpaired) electrons. The minimum atomic E-state index is -3.86. The number of carboxylic acid groups (broad SMARTS) is 1. The number of sulfonamides is 1. The van der Waals surface area contributed by atoms with E-state index in [-0.39, 0.29) is 17.1 Å². The summed E-state index contributed by atoms with van der Waals surface area (Å²) in [6.45, 7) is 3.23. The highest BCUT2D eigenvalue weighted by Gasteiger charge is 2.51. The normalized spacial score (nSPS) is 24.8. The first-order valence-electron chi connectivity index (χ1n) is 9.59. The lowest BCUT2D eigenvalue weighted by Crippen LogP contribution is -2.43. The van der Waals surface area contributed by atoms with E-state index in [1.807, 2.05) is 13.8 Å². The van der Waals surface area contributed by atoms with Crippen molar-refractivity contribution in [2.24, 2.45) is 0 Å². The molecule has 1 heterocycles. The molecule has 1 aliphatic heterocycles. The molecule has 30 heavy (non-hydrogen) atoms. The molecule has 9 heteroatoms. The lowest BCUT2D eigenvalue weighted by molar-refractivity contribution is -0.139. The molecule has 2 aliphatic rings. The monoisotopic (exact) mass is 433 g/mol. The van der Waals surface area contributed by atoms with Crippen LogP contribution < -0.4 is 14.2 Å². The highest BCUT2D eigenvalue weighted by molar-refractivity contribution is 7.89. The van der Waals surface area contributed by atoms with Crippen LogP contribution in [0.3, 0.4) is 0 Å². The van der Waals surface area contributed by atoms with Crippen LogP contribution >= 0.6 is 0 Å². The van der Waals surface area contributed by atoms with Gasteiger partial charge in [0.05, 0.1) is 17.0 Å². The molecule has 8 nitrogen and oxygen atoms in total. The van der Waals surface area contributed by atoms with Crippen molar-refractivity contribution in [2.45, 2.75) is 49.3 Å². The third-order valence-electron chi connectivity index (χ3n) is 5.74. The van der Waals surface area contributed by atoms with Crippen LogP contribution in [0.2, 0.25) is 0 Å². The Morgan fingerprint density at radius 3 is 2.70 bits per heavy atom. The fourth-order valence-corrected chi connectivity index (χ4v) is 5.50. The Balaban J connectivity index is 1.63. The average molecular weight is 433 g/mol. The van der Waals surface area contributed by atoms with Gasteiger partial charge >= 0.3 is 5.97 Å². The number of hydrogen-bond acceptors (Lipinski definition) is 6. The molecule has 0 aromatic heterocycles. The van der Waals surface area contributed by atoms with Crippen LogP contribution in [-0.4, -0.2) is 49.5 Å². The molecule has 2 aromatic carbocycles. The van der Waals surface area contributed by atoms with Crippen LogP contribution in [0.1, 0.15) is 29.0 Å².